The van der Waals surface area contributed by atoms with Crippen LogP contribution in [0.3, 0.4) is 0 Å². The van der Waals surface area contributed by atoms with Crippen molar-refractivity contribution >= 4 is 5.91 Å². The van der Waals surface area contributed by atoms with E-state index in [0.717, 1.165) is 27.8 Å². The number of rotatable bonds is 20. The molecule has 5 aromatic rings. The molecule has 2 heterocycles. The molecule has 0 bridgehead atoms. The molecule has 5 aromatic carbocycles. The Morgan fingerprint density at radius 1 is 0.590 bits per heavy atom. The molecule has 10 heteroatoms. The second-order valence-electron chi connectivity index (χ2n) is 16.3. The van der Waals surface area contributed by atoms with Gasteiger partial charge in [0.05, 0.1) is 51.8 Å². The van der Waals surface area contributed by atoms with Crippen molar-refractivity contribution in [2.45, 2.75) is 115 Å². The van der Waals surface area contributed by atoms with Crippen molar-refractivity contribution in [1.82, 2.24) is 5.32 Å². The Kier molecular flexibility index (Phi) is 15.9. The molecule has 322 valence electrons. The average Bonchev–Trinajstić information content (AvgIpc) is 3.58. The summed E-state index contributed by atoms with van der Waals surface area (Å²) in [5, 5.41) is 3.12. The molecule has 10 nitrogen and oxygen atoms in total. The molecule has 2 saturated heterocycles. The highest BCUT2D eigenvalue weighted by Crippen LogP contribution is 2.35. The predicted octanol–water partition coefficient (Wildman–Crippen LogP) is 8.28. The summed E-state index contributed by atoms with van der Waals surface area (Å²) in [7, 11) is 0. The van der Waals surface area contributed by atoms with Gasteiger partial charge >= 0.3 is 0 Å². The summed E-state index contributed by atoms with van der Waals surface area (Å²) < 4.78 is 53.8. The van der Waals surface area contributed by atoms with Crippen LogP contribution in [0.15, 0.2) is 146 Å². The van der Waals surface area contributed by atoms with Gasteiger partial charge in [0.15, 0.2) is 12.1 Å². The highest BCUT2D eigenvalue weighted by atomic mass is 16.8. The molecule has 61 heavy (non-hydrogen) atoms. The maximum atomic E-state index is 12.9. The maximum Gasteiger partial charge on any atom is 0.217 e. The number of nitrogens with one attached hydrogen (secondary N) is 1. The Bertz CT molecular complexity index is 2040. The third-order valence-electron chi connectivity index (χ3n) is 10.8. The predicted molar refractivity (Wildman–Crippen MR) is 232 cm³/mol. The van der Waals surface area contributed by atoms with E-state index in [-0.39, 0.29) is 31.8 Å². The van der Waals surface area contributed by atoms with E-state index in [9.17, 15) is 4.79 Å². The summed E-state index contributed by atoms with van der Waals surface area (Å²) in [5.41, 5.74) is 6.30. The van der Waals surface area contributed by atoms with Crippen LogP contribution in [0.25, 0.3) is 0 Å². The number of amides is 1. The van der Waals surface area contributed by atoms with Crippen LogP contribution in [0.5, 0.6) is 0 Å². The standard InChI is InChI=1S/C51H59NO9/c1-36-25-27-38(28-26-36)29-44-46(61-51(3,4)60-44)43(52-37(2)53)34-58-50-49(57-33-42-23-15-8-16-24-42)48(56-32-41-21-13-7-14-22-41)47(55-31-40-19-11-6-12-20-40)45(59-50)35-54-30-39-17-9-5-10-18-39/h5-28,43-50H,29-35H2,1-4H3,(H,52,53)/t43-,44+,45?,46-,47?,48?,49?,50?/m0/s1. The molecule has 2 aliphatic heterocycles. The van der Waals surface area contributed by atoms with Crippen molar-refractivity contribution < 1.29 is 42.7 Å². The molecule has 0 saturated carbocycles. The first-order valence-electron chi connectivity index (χ1n) is 21.2. The first-order valence-corrected chi connectivity index (χ1v) is 21.2. The van der Waals surface area contributed by atoms with Crippen LogP contribution in [0.2, 0.25) is 0 Å². The Hall–Kier alpha value is -4.75. The number of hydrogen-bond donors (Lipinski definition) is 1. The van der Waals surface area contributed by atoms with Crippen LogP contribution in [0, 0.1) is 6.92 Å². The quantitative estimate of drug-likeness (QED) is 0.0831. The third kappa shape index (κ3) is 13.1. The van der Waals surface area contributed by atoms with Gasteiger partial charge in [-0.25, -0.2) is 0 Å². The first-order chi connectivity index (χ1) is 29.7. The van der Waals surface area contributed by atoms with Gasteiger partial charge in [0.1, 0.15) is 30.5 Å². The molecule has 5 unspecified atom stereocenters. The molecular formula is C51H59NO9. The molecular weight excluding hydrogens is 771 g/mol. The number of carbonyl (C=O) groups excluding carboxylic acids is 1. The highest BCUT2D eigenvalue weighted by molar-refractivity contribution is 5.73. The lowest BCUT2D eigenvalue weighted by molar-refractivity contribution is -0.329. The minimum absolute atomic E-state index is 0.0302. The van der Waals surface area contributed by atoms with E-state index in [0.29, 0.717) is 26.2 Å². The van der Waals surface area contributed by atoms with Crippen LogP contribution in [-0.2, 0) is 75.5 Å². The van der Waals surface area contributed by atoms with Gasteiger partial charge in [0.25, 0.3) is 0 Å². The average molecular weight is 830 g/mol. The second-order valence-corrected chi connectivity index (χ2v) is 16.3. The molecule has 0 radical (unpaired) electrons. The topological polar surface area (TPSA) is 103 Å². The van der Waals surface area contributed by atoms with Crippen molar-refractivity contribution in [1.29, 1.82) is 0 Å². The van der Waals surface area contributed by atoms with Gasteiger partial charge in [-0.15, -0.1) is 0 Å². The van der Waals surface area contributed by atoms with Gasteiger partial charge in [-0.1, -0.05) is 151 Å². The minimum Gasteiger partial charge on any atom is -0.374 e. The lowest BCUT2D eigenvalue weighted by Crippen LogP contribution is -2.62. The zero-order valence-electron chi connectivity index (χ0n) is 35.6. The molecule has 0 aromatic heterocycles. The number of hydrogen-bond acceptors (Lipinski definition) is 9. The van der Waals surface area contributed by atoms with Crippen molar-refractivity contribution in [3.8, 4) is 0 Å². The van der Waals surface area contributed by atoms with Crippen LogP contribution < -0.4 is 5.32 Å². The zero-order valence-corrected chi connectivity index (χ0v) is 35.6. The van der Waals surface area contributed by atoms with Crippen molar-refractivity contribution in [2.75, 3.05) is 13.2 Å². The summed E-state index contributed by atoms with van der Waals surface area (Å²) in [6, 6.07) is 47.8. The molecule has 8 atom stereocenters. The van der Waals surface area contributed by atoms with E-state index in [1.54, 1.807) is 0 Å². The molecule has 2 fully saturated rings. The van der Waals surface area contributed by atoms with Crippen LogP contribution in [-0.4, -0.2) is 73.9 Å². The molecule has 7 rings (SSSR count). The van der Waals surface area contributed by atoms with Crippen LogP contribution in [0.1, 0.15) is 54.2 Å². The van der Waals surface area contributed by atoms with E-state index in [1.807, 2.05) is 135 Å². The Morgan fingerprint density at radius 3 is 1.61 bits per heavy atom. The SMILES string of the molecule is CC(=O)N[C@@H](COC1OC(COCc2ccccc2)C(OCc2ccccc2)C(OCc2ccccc2)C1OCc1ccccc1)[C@@H]1OC(C)(C)O[C@@H]1Cc1ccc(C)cc1. The number of benzene rings is 5. The molecule has 1 amide bonds. The molecule has 0 aliphatic carbocycles. The second kappa shape index (κ2) is 21.9. The summed E-state index contributed by atoms with van der Waals surface area (Å²) in [4.78, 5) is 12.9. The van der Waals surface area contributed by atoms with Gasteiger partial charge in [0.2, 0.25) is 5.91 Å². The third-order valence-corrected chi connectivity index (χ3v) is 10.8. The summed E-state index contributed by atoms with van der Waals surface area (Å²) in [6.07, 6.45) is -3.98. The Labute approximate surface area is 360 Å². The van der Waals surface area contributed by atoms with Gasteiger partial charge in [0, 0.05) is 13.3 Å². The highest BCUT2D eigenvalue weighted by Gasteiger charge is 2.51. The fourth-order valence-electron chi connectivity index (χ4n) is 7.88. The summed E-state index contributed by atoms with van der Waals surface area (Å²) in [5.74, 6) is -1.11. The minimum atomic E-state index is -0.964. The lowest BCUT2D eigenvalue weighted by Gasteiger charge is -2.46. The normalized spacial score (nSPS) is 24.0. The Balaban J connectivity index is 1.20. The van der Waals surface area contributed by atoms with Crippen LogP contribution >= 0.6 is 0 Å². The molecule has 1 N–H and O–H groups in total. The van der Waals surface area contributed by atoms with E-state index in [4.69, 9.17) is 37.9 Å². The van der Waals surface area contributed by atoms with E-state index in [1.165, 1.54) is 12.5 Å². The van der Waals surface area contributed by atoms with E-state index >= 15 is 0 Å². The Morgan fingerprint density at radius 2 is 1.08 bits per heavy atom. The van der Waals surface area contributed by atoms with Gasteiger partial charge in [-0.05, 0) is 48.6 Å². The molecule has 0 spiro atoms. The van der Waals surface area contributed by atoms with Gasteiger partial charge in [-0.3, -0.25) is 4.79 Å². The van der Waals surface area contributed by atoms with Crippen LogP contribution in [0.4, 0.5) is 0 Å². The summed E-state index contributed by atoms with van der Waals surface area (Å²) in [6.45, 7) is 8.81. The fraction of sp³-hybridized carbons (Fsp3) is 0.392. The van der Waals surface area contributed by atoms with Gasteiger partial charge in [-0.2, -0.15) is 0 Å². The summed E-state index contributed by atoms with van der Waals surface area (Å²) >= 11 is 0. The largest absolute Gasteiger partial charge is 0.374 e. The van der Waals surface area contributed by atoms with Gasteiger partial charge < -0.3 is 43.2 Å². The smallest absolute Gasteiger partial charge is 0.217 e. The first kappa shape index (κ1) is 44.3. The fourth-order valence-corrected chi connectivity index (χ4v) is 7.88. The monoisotopic (exact) mass is 829 g/mol. The van der Waals surface area contributed by atoms with Crippen molar-refractivity contribution in [2.24, 2.45) is 0 Å². The number of ether oxygens (including phenoxy) is 8. The van der Waals surface area contributed by atoms with Crippen molar-refractivity contribution in [3.63, 3.8) is 0 Å². The van der Waals surface area contributed by atoms with E-state index < -0.39 is 48.6 Å². The molecule has 2 aliphatic rings. The van der Waals surface area contributed by atoms with E-state index in [2.05, 4.69) is 36.5 Å². The van der Waals surface area contributed by atoms with Crippen molar-refractivity contribution in [3.05, 3.63) is 179 Å². The lowest BCUT2D eigenvalue weighted by atomic mass is 9.97. The zero-order chi connectivity index (χ0) is 42.4. The number of carbonyl (C=O) groups is 1. The maximum absolute atomic E-state index is 12.9. The number of aryl methyl sites for hydroxylation is 1.